The van der Waals surface area contributed by atoms with Crippen molar-refractivity contribution in [2.24, 2.45) is 0 Å². The number of hydrogen-bond donors (Lipinski definition) is 1. The Bertz CT molecular complexity index is 1450. The molecule has 1 unspecified atom stereocenters. The number of para-hydroxylation sites is 1. The summed E-state index contributed by atoms with van der Waals surface area (Å²) in [5, 5.41) is 12.0. The molecule has 2 aromatic carbocycles. The van der Waals surface area contributed by atoms with E-state index in [9.17, 15) is 14.4 Å². The molecule has 0 aliphatic carbocycles. The predicted molar refractivity (Wildman–Crippen MR) is 118 cm³/mol. The highest BCUT2D eigenvalue weighted by molar-refractivity contribution is 6.05. The van der Waals surface area contributed by atoms with Crippen LogP contribution in [0, 0.1) is 0 Å². The minimum Gasteiger partial charge on any atom is -0.322 e. The fourth-order valence-corrected chi connectivity index (χ4v) is 4.53. The van der Waals surface area contributed by atoms with Gasteiger partial charge in [-0.3, -0.25) is 24.7 Å². The largest absolute Gasteiger partial charge is 0.322 e. The number of nitrogens with zero attached hydrogens (tertiary/aromatic N) is 5. The summed E-state index contributed by atoms with van der Waals surface area (Å²) >= 11 is 0. The quantitative estimate of drug-likeness (QED) is 0.491. The molecule has 0 bridgehead atoms. The van der Waals surface area contributed by atoms with Crippen LogP contribution in [0.2, 0.25) is 0 Å². The number of carbonyl (C=O) groups is 3. The van der Waals surface area contributed by atoms with Gasteiger partial charge in [0.2, 0.25) is 11.8 Å². The fourth-order valence-electron chi connectivity index (χ4n) is 4.53. The van der Waals surface area contributed by atoms with Crippen LogP contribution in [-0.4, -0.2) is 48.6 Å². The number of imide groups is 1. The number of fused-ring (bicyclic) bond motifs is 2. The molecule has 1 N–H and O–H groups in total. The third kappa shape index (κ3) is 3.16. The molecule has 3 amide bonds. The Kier molecular flexibility index (Phi) is 4.29. The Morgan fingerprint density at radius 1 is 1.00 bits per heavy atom. The first kappa shape index (κ1) is 19.3. The third-order valence-corrected chi connectivity index (χ3v) is 6.17. The van der Waals surface area contributed by atoms with Crippen LogP contribution in [0.15, 0.2) is 60.9 Å². The van der Waals surface area contributed by atoms with E-state index >= 15 is 0 Å². The molecule has 4 aromatic rings. The average molecular weight is 438 g/mol. The van der Waals surface area contributed by atoms with Crippen LogP contribution in [0.4, 0.5) is 0 Å². The van der Waals surface area contributed by atoms with Gasteiger partial charge in [-0.25, -0.2) is 4.68 Å². The van der Waals surface area contributed by atoms with Gasteiger partial charge in [0.25, 0.3) is 5.91 Å². The molecule has 6 rings (SSSR count). The van der Waals surface area contributed by atoms with Gasteiger partial charge in [0, 0.05) is 35.7 Å². The third-order valence-electron chi connectivity index (χ3n) is 6.17. The molecule has 9 nitrogen and oxygen atoms in total. The molecule has 0 radical (unpaired) electrons. The van der Waals surface area contributed by atoms with Crippen LogP contribution < -0.4 is 5.32 Å². The molecule has 0 saturated carbocycles. The van der Waals surface area contributed by atoms with E-state index in [4.69, 9.17) is 0 Å². The van der Waals surface area contributed by atoms with Crippen molar-refractivity contribution >= 4 is 28.6 Å². The molecule has 33 heavy (non-hydrogen) atoms. The van der Waals surface area contributed by atoms with E-state index in [1.165, 1.54) is 4.90 Å². The normalized spacial score (nSPS) is 18.0. The van der Waals surface area contributed by atoms with E-state index in [-0.39, 0.29) is 18.2 Å². The van der Waals surface area contributed by atoms with Crippen molar-refractivity contribution in [2.75, 3.05) is 0 Å². The van der Waals surface area contributed by atoms with Gasteiger partial charge in [-0.05, 0) is 36.2 Å². The molecule has 4 heterocycles. The van der Waals surface area contributed by atoms with E-state index < -0.39 is 11.9 Å². The molecule has 2 aromatic heterocycles. The van der Waals surface area contributed by atoms with Gasteiger partial charge in [0.15, 0.2) is 0 Å². The summed E-state index contributed by atoms with van der Waals surface area (Å²) in [6.07, 6.45) is 4.15. The van der Waals surface area contributed by atoms with E-state index in [1.54, 1.807) is 16.9 Å². The highest BCUT2D eigenvalue weighted by Gasteiger charge is 2.39. The van der Waals surface area contributed by atoms with Crippen molar-refractivity contribution < 1.29 is 14.4 Å². The molecule has 2 aliphatic heterocycles. The van der Waals surface area contributed by atoms with Crippen LogP contribution in [0.3, 0.4) is 0 Å². The van der Waals surface area contributed by atoms with Gasteiger partial charge in [-0.1, -0.05) is 29.5 Å². The molecule has 1 saturated heterocycles. The number of amides is 3. The first-order valence-corrected chi connectivity index (χ1v) is 10.6. The Labute approximate surface area is 188 Å². The van der Waals surface area contributed by atoms with Gasteiger partial charge in [-0.15, -0.1) is 5.10 Å². The van der Waals surface area contributed by atoms with Crippen LogP contribution >= 0.6 is 0 Å². The maximum absolute atomic E-state index is 12.9. The number of carbonyl (C=O) groups excluding carboxylic acids is 3. The lowest BCUT2D eigenvalue weighted by Crippen LogP contribution is -2.52. The average Bonchev–Trinajstić information content (AvgIpc) is 3.44. The van der Waals surface area contributed by atoms with Gasteiger partial charge < -0.3 is 4.90 Å². The van der Waals surface area contributed by atoms with Crippen molar-refractivity contribution in [1.82, 2.24) is 30.2 Å². The molecule has 9 heteroatoms. The Hall–Kier alpha value is -4.40. The summed E-state index contributed by atoms with van der Waals surface area (Å²) in [7, 11) is 0. The van der Waals surface area contributed by atoms with Crippen LogP contribution in [0.1, 0.15) is 28.8 Å². The fraction of sp³-hybridized carbons (Fsp3) is 0.167. The maximum Gasteiger partial charge on any atom is 0.255 e. The van der Waals surface area contributed by atoms with Gasteiger partial charge in [0.05, 0.1) is 17.4 Å². The van der Waals surface area contributed by atoms with Crippen LogP contribution in [0.5, 0.6) is 0 Å². The van der Waals surface area contributed by atoms with E-state index in [1.807, 2.05) is 48.7 Å². The number of piperidine rings is 1. The summed E-state index contributed by atoms with van der Waals surface area (Å²) in [6, 6.07) is 14.6. The SMILES string of the molecule is O=C1CCC(N2Cc3cc(-n4cc(-c5cccc6cccnc56)nn4)ccc3C2=O)C(=O)N1. The van der Waals surface area contributed by atoms with Crippen molar-refractivity contribution in [3.8, 4) is 16.9 Å². The first-order chi connectivity index (χ1) is 16.1. The highest BCUT2D eigenvalue weighted by atomic mass is 16.2. The maximum atomic E-state index is 12.9. The molecule has 1 fully saturated rings. The standard InChI is InChI=1S/C24H18N6O3/c31-21-9-8-20(23(32)26-21)29-12-15-11-16(6-7-17(15)24(29)33)30-13-19(27-28-30)18-5-1-3-14-4-2-10-25-22(14)18/h1-7,10-11,13,20H,8-9,12H2,(H,26,31,32). The zero-order valence-corrected chi connectivity index (χ0v) is 17.4. The Morgan fingerprint density at radius 2 is 1.88 bits per heavy atom. The lowest BCUT2D eigenvalue weighted by Gasteiger charge is -2.29. The van der Waals surface area contributed by atoms with E-state index in [2.05, 4.69) is 20.6 Å². The summed E-state index contributed by atoms with van der Waals surface area (Å²) in [5.41, 5.74) is 4.57. The molecule has 1 atom stereocenters. The summed E-state index contributed by atoms with van der Waals surface area (Å²) in [5.74, 6) is -0.921. The highest BCUT2D eigenvalue weighted by Crippen LogP contribution is 2.30. The zero-order valence-electron chi connectivity index (χ0n) is 17.4. The molecule has 162 valence electrons. The van der Waals surface area contributed by atoms with Gasteiger partial charge >= 0.3 is 0 Å². The number of hydrogen-bond acceptors (Lipinski definition) is 6. The monoisotopic (exact) mass is 438 g/mol. The smallest absolute Gasteiger partial charge is 0.255 e. The summed E-state index contributed by atoms with van der Waals surface area (Å²) < 4.78 is 1.66. The number of benzene rings is 2. The number of nitrogens with one attached hydrogen (secondary N) is 1. The van der Waals surface area contributed by atoms with Crippen LogP contribution in [-0.2, 0) is 16.1 Å². The number of pyridine rings is 1. The number of aromatic nitrogens is 4. The van der Waals surface area contributed by atoms with Crippen molar-refractivity contribution in [3.05, 3.63) is 72.1 Å². The zero-order chi connectivity index (χ0) is 22.5. The van der Waals surface area contributed by atoms with E-state index in [0.717, 1.165) is 27.7 Å². The lowest BCUT2D eigenvalue weighted by atomic mass is 10.0. The van der Waals surface area contributed by atoms with Gasteiger partial charge in [-0.2, -0.15) is 0 Å². The molecule has 2 aliphatic rings. The lowest BCUT2D eigenvalue weighted by molar-refractivity contribution is -0.136. The molecule has 0 spiro atoms. The Balaban J connectivity index is 1.30. The summed E-state index contributed by atoms with van der Waals surface area (Å²) in [4.78, 5) is 42.6. The van der Waals surface area contributed by atoms with Crippen molar-refractivity contribution in [1.29, 1.82) is 0 Å². The van der Waals surface area contributed by atoms with Crippen molar-refractivity contribution in [3.63, 3.8) is 0 Å². The van der Waals surface area contributed by atoms with Crippen molar-refractivity contribution in [2.45, 2.75) is 25.4 Å². The van der Waals surface area contributed by atoms with Crippen LogP contribution in [0.25, 0.3) is 27.8 Å². The topological polar surface area (TPSA) is 110 Å². The van der Waals surface area contributed by atoms with E-state index in [0.29, 0.717) is 24.2 Å². The summed E-state index contributed by atoms with van der Waals surface area (Å²) in [6.45, 7) is 0.309. The second-order valence-electron chi connectivity index (χ2n) is 8.17. The predicted octanol–water partition coefficient (Wildman–Crippen LogP) is 2.24. The minimum absolute atomic E-state index is 0.202. The van der Waals surface area contributed by atoms with Gasteiger partial charge in [0.1, 0.15) is 11.7 Å². The Morgan fingerprint density at radius 3 is 2.76 bits per heavy atom. The minimum atomic E-state index is -0.636. The number of rotatable bonds is 3. The first-order valence-electron chi connectivity index (χ1n) is 10.6. The second-order valence-corrected chi connectivity index (χ2v) is 8.17. The molecular formula is C24H18N6O3. The second kappa shape index (κ2) is 7.33. The molecular weight excluding hydrogens is 420 g/mol.